The van der Waals surface area contributed by atoms with Crippen LogP contribution in [0.1, 0.15) is 42.4 Å². The first-order valence-corrected chi connectivity index (χ1v) is 9.58. The quantitative estimate of drug-likeness (QED) is 0.835. The summed E-state index contributed by atoms with van der Waals surface area (Å²) in [5.74, 6) is 0. The number of nitrogens with zero attached hydrogens (tertiary/aromatic N) is 2. The second-order valence-electron chi connectivity index (χ2n) is 7.01. The average Bonchev–Trinajstić information content (AvgIpc) is 2.95. The predicted octanol–water partition coefficient (Wildman–Crippen LogP) is 4.26. The zero-order valence-electron chi connectivity index (χ0n) is 15.6. The molecule has 0 spiro atoms. The van der Waals surface area contributed by atoms with E-state index in [0.29, 0.717) is 17.8 Å². The summed E-state index contributed by atoms with van der Waals surface area (Å²) in [4.78, 5) is 14.6. The number of nitriles is 1. The van der Waals surface area contributed by atoms with Crippen LogP contribution in [0.4, 0.5) is 10.5 Å². The predicted molar refractivity (Wildman–Crippen MR) is 107 cm³/mol. The number of amides is 2. The molecule has 1 saturated heterocycles. The number of carbonyl (C=O) groups excluding carboxylic acids is 1. The molecule has 5 nitrogen and oxygen atoms in total. The number of nitrogens with one attached hydrogen (secondary N) is 2. The lowest BCUT2D eigenvalue weighted by molar-refractivity contribution is 0.251. The zero-order valence-corrected chi connectivity index (χ0v) is 15.6. The SMILES string of the molecule is N#Cc1cccc(NC(=O)NCc2cccc(CN3CCCCCC3)c2)c1. The second-order valence-corrected chi connectivity index (χ2v) is 7.01. The number of rotatable bonds is 5. The van der Waals surface area contributed by atoms with Gasteiger partial charge in [0.2, 0.25) is 0 Å². The molecule has 2 N–H and O–H groups in total. The molecule has 0 bridgehead atoms. The molecule has 0 aromatic heterocycles. The monoisotopic (exact) mass is 362 g/mol. The second kappa shape index (κ2) is 9.75. The van der Waals surface area contributed by atoms with Crippen molar-refractivity contribution in [2.75, 3.05) is 18.4 Å². The van der Waals surface area contributed by atoms with Gasteiger partial charge in [-0.1, -0.05) is 43.2 Å². The van der Waals surface area contributed by atoms with E-state index >= 15 is 0 Å². The number of urea groups is 1. The maximum Gasteiger partial charge on any atom is 0.319 e. The van der Waals surface area contributed by atoms with Gasteiger partial charge in [-0.3, -0.25) is 4.90 Å². The third-order valence-corrected chi connectivity index (χ3v) is 4.80. The molecular formula is C22H26N4O. The van der Waals surface area contributed by atoms with Crippen molar-refractivity contribution in [3.63, 3.8) is 0 Å². The molecule has 1 aliphatic heterocycles. The van der Waals surface area contributed by atoms with Crippen molar-refractivity contribution in [2.24, 2.45) is 0 Å². The van der Waals surface area contributed by atoms with Gasteiger partial charge in [-0.05, 0) is 55.3 Å². The topological polar surface area (TPSA) is 68.2 Å². The molecule has 2 aromatic carbocycles. The average molecular weight is 362 g/mol. The van der Waals surface area contributed by atoms with Crippen LogP contribution in [0.15, 0.2) is 48.5 Å². The van der Waals surface area contributed by atoms with E-state index in [9.17, 15) is 4.79 Å². The van der Waals surface area contributed by atoms with Crippen LogP contribution < -0.4 is 10.6 Å². The van der Waals surface area contributed by atoms with Crippen LogP contribution in [0, 0.1) is 11.3 Å². The van der Waals surface area contributed by atoms with Gasteiger partial charge in [-0.2, -0.15) is 5.26 Å². The molecule has 2 amide bonds. The van der Waals surface area contributed by atoms with Crippen LogP contribution in [0.2, 0.25) is 0 Å². The molecule has 0 radical (unpaired) electrons. The molecule has 5 heteroatoms. The molecule has 0 atom stereocenters. The Kier molecular flexibility index (Phi) is 6.84. The molecule has 0 unspecified atom stereocenters. The van der Waals surface area contributed by atoms with Crippen LogP contribution in [0.25, 0.3) is 0 Å². The maximum atomic E-state index is 12.1. The van der Waals surface area contributed by atoms with Crippen LogP contribution in [0.3, 0.4) is 0 Å². The summed E-state index contributed by atoms with van der Waals surface area (Å²) in [5, 5.41) is 14.6. The first-order chi connectivity index (χ1) is 13.2. The molecule has 0 saturated carbocycles. The van der Waals surface area contributed by atoms with Crippen molar-refractivity contribution in [3.05, 3.63) is 65.2 Å². The Morgan fingerprint density at radius 2 is 1.74 bits per heavy atom. The highest BCUT2D eigenvalue weighted by atomic mass is 16.2. The standard InChI is InChI=1S/C22H26N4O/c23-15-18-7-6-10-21(14-18)25-22(27)24-16-19-8-5-9-20(13-19)17-26-11-3-1-2-4-12-26/h5-10,13-14H,1-4,11-12,16-17H2,(H2,24,25,27). The highest BCUT2D eigenvalue weighted by Crippen LogP contribution is 2.14. The smallest absolute Gasteiger partial charge is 0.319 e. The minimum absolute atomic E-state index is 0.275. The molecule has 3 rings (SSSR count). The lowest BCUT2D eigenvalue weighted by Crippen LogP contribution is -2.28. The van der Waals surface area contributed by atoms with Crippen molar-refractivity contribution >= 4 is 11.7 Å². The third-order valence-electron chi connectivity index (χ3n) is 4.80. The first kappa shape index (κ1) is 18.9. The number of anilines is 1. The van der Waals surface area contributed by atoms with E-state index in [1.54, 1.807) is 24.3 Å². The van der Waals surface area contributed by atoms with Gasteiger partial charge in [0.15, 0.2) is 0 Å². The molecule has 2 aromatic rings. The lowest BCUT2D eigenvalue weighted by atomic mass is 10.1. The molecule has 1 fully saturated rings. The maximum absolute atomic E-state index is 12.1. The van der Waals surface area contributed by atoms with Gasteiger partial charge < -0.3 is 10.6 Å². The summed E-state index contributed by atoms with van der Waals surface area (Å²) in [7, 11) is 0. The van der Waals surface area contributed by atoms with E-state index in [4.69, 9.17) is 5.26 Å². The summed E-state index contributed by atoms with van der Waals surface area (Å²) in [6.45, 7) is 3.79. The van der Waals surface area contributed by atoms with E-state index in [1.807, 2.05) is 6.07 Å². The van der Waals surface area contributed by atoms with E-state index in [1.165, 1.54) is 44.3 Å². The Hall–Kier alpha value is -2.84. The molecule has 1 heterocycles. The number of carbonyl (C=O) groups is 1. The van der Waals surface area contributed by atoms with Gasteiger partial charge in [0.25, 0.3) is 0 Å². The summed E-state index contributed by atoms with van der Waals surface area (Å²) in [6.07, 6.45) is 5.25. The van der Waals surface area contributed by atoms with Crippen LogP contribution in [-0.2, 0) is 13.1 Å². The summed E-state index contributed by atoms with van der Waals surface area (Å²) in [5.41, 5.74) is 3.51. The van der Waals surface area contributed by atoms with Crippen molar-refractivity contribution < 1.29 is 4.79 Å². The van der Waals surface area contributed by atoms with E-state index in [-0.39, 0.29) is 6.03 Å². The molecule has 0 aliphatic carbocycles. The van der Waals surface area contributed by atoms with E-state index in [0.717, 1.165) is 12.1 Å². The molecule has 140 valence electrons. The summed E-state index contributed by atoms with van der Waals surface area (Å²) in [6, 6.07) is 17.1. The van der Waals surface area contributed by atoms with Gasteiger partial charge in [0, 0.05) is 18.8 Å². The number of likely N-dealkylation sites (tertiary alicyclic amines) is 1. The van der Waals surface area contributed by atoms with Crippen molar-refractivity contribution in [1.29, 1.82) is 5.26 Å². The normalized spacial score (nSPS) is 14.8. The minimum Gasteiger partial charge on any atom is -0.334 e. The third kappa shape index (κ3) is 6.12. The van der Waals surface area contributed by atoms with Gasteiger partial charge >= 0.3 is 6.03 Å². The van der Waals surface area contributed by atoms with Crippen LogP contribution >= 0.6 is 0 Å². The van der Waals surface area contributed by atoms with Crippen molar-refractivity contribution in [3.8, 4) is 6.07 Å². The van der Waals surface area contributed by atoms with E-state index in [2.05, 4.69) is 39.8 Å². The van der Waals surface area contributed by atoms with Gasteiger partial charge in [0.1, 0.15) is 0 Å². The molecule has 1 aliphatic rings. The number of benzene rings is 2. The van der Waals surface area contributed by atoms with Crippen LogP contribution in [0.5, 0.6) is 0 Å². The molecule has 27 heavy (non-hydrogen) atoms. The summed E-state index contributed by atoms with van der Waals surface area (Å²) < 4.78 is 0. The van der Waals surface area contributed by atoms with Gasteiger partial charge in [0.05, 0.1) is 11.6 Å². The number of hydrogen-bond donors (Lipinski definition) is 2. The van der Waals surface area contributed by atoms with Crippen LogP contribution in [-0.4, -0.2) is 24.0 Å². The van der Waals surface area contributed by atoms with Crippen molar-refractivity contribution in [1.82, 2.24) is 10.2 Å². The first-order valence-electron chi connectivity index (χ1n) is 9.58. The lowest BCUT2D eigenvalue weighted by Gasteiger charge is -2.20. The highest BCUT2D eigenvalue weighted by Gasteiger charge is 2.10. The molecular weight excluding hydrogens is 336 g/mol. The summed E-state index contributed by atoms with van der Waals surface area (Å²) >= 11 is 0. The highest BCUT2D eigenvalue weighted by molar-refractivity contribution is 5.89. The Balaban J connectivity index is 1.51. The Bertz CT molecular complexity index is 804. The Labute approximate surface area is 161 Å². The fourth-order valence-electron chi connectivity index (χ4n) is 3.41. The zero-order chi connectivity index (χ0) is 18.9. The minimum atomic E-state index is -0.275. The Morgan fingerprint density at radius 3 is 2.52 bits per heavy atom. The van der Waals surface area contributed by atoms with Gasteiger partial charge in [-0.25, -0.2) is 4.79 Å². The van der Waals surface area contributed by atoms with E-state index < -0.39 is 0 Å². The fraction of sp³-hybridized carbons (Fsp3) is 0.364. The largest absolute Gasteiger partial charge is 0.334 e. The van der Waals surface area contributed by atoms with Crippen molar-refractivity contribution in [2.45, 2.75) is 38.8 Å². The number of hydrogen-bond acceptors (Lipinski definition) is 3. The van der Waals surface area contributed by atoms with Gasteiger partial charge in [-0.15, -0.1) is 0 Å². The Morgan fingerprint density at radius 1 is 1.00 bits per heavy atom. The fourth-order valence-corrected chi connectivity index (χ4v) is 3.41.